The third-order valence-corrected chi connectivity index (χ3v) is 4.50. The molecule has 0 aliphatic heterocycles. The molecule has 1 fully saturated rings. The van der Waals surface area contributed by atoms with Gasteiger partial charge in [-0.2, -0.15) is 5.10 Å². The van der Waals surface area contributed by atoms with Gasteiger partial charge in [-0.15, -0.1) is 0 Å². The van der Waals surface area contributed by atoms with E-state index in [0.29, 0.717) is 11.5 Å². The van der Waals surface area contributed by atoms with Gasteiger partial charge in [-0.3, -0.25) is 4.68 Å². The molecule has 3 rings (SSSR count). The molecule has 1 saturated carbocycles. The Balaban J connectivity index is 1.79. The third-order valence-electron chi connectivity index (χ3n) is 4.50. The quantitative estimate of drug-likeness (QED) is 0.911. The number of nitrogens with zero attached hydrogens (tertiary/aromatic N) is 2. The Morgan fingerprint density at radius 2 is 2.15 bits per heavy atom. The highest BCUT2D eigenvalue weighted by molar-refractivity contribution is 5.52. The fraction of sp³-hybridized carbons (Fsp3) is 0.471. The summed E-state index contributed by atoms with van der Waals surface area (Å²) in [7, 11) is 0. The maximum absolute atomic E-state index is 4.30. The van der Waals surface area contributed by atoms with Crippen molar-refractivity contribution in [3.63, 3.8) is 0 Å². The zero-order chi connectivity index (χ0) is 14.0. The number of rotatable bonds is 4. The standard InChI is InChI=1S/C17H23N3/c1-17(2)10-5-9-16(17)19-15-8-4-3-7-14(15)13-20-12-6-11-18-20/h3-4,6-8,11-12,16,19H,5,9-10,13H2,1-2H3. The van der Waals surface area contributed by atoms with Crippen molar-refractivity contribution in [2.45, 2.75) is 45.7 Å². The van der Waals surface area contributed by atoms with E-state index in [1.165, 1.54) is 30.5 Å². The van der Waals surface area contributed by atoms with Crippen LogP contribution in [-0.2, 0) is 6.54 Å². The van der Waals surface area contributed by atoms with Crippen molar-refractivity contribution in [3.05, 3.63) is 48.3 Å². The minimum Gasteiger partial charge on any atom is -0.381 e. The summed E-state index contributed by atoms with van der Waals surface area (Å²) in [5, 5.41) is 8.07. The fourth-order valence-electron chi connectivity index (χ4n) is 3.15. The molecule has 1 atom stereocenters. The molecule has 3 nitrogen and oxygen atoms in total. The van der Waals surface area contributed by atoms with Crippen molar-refractivity contribution in [1.29, 1.82) is 0 Å². The van der Waals surface area contributed by atoms with Crippen LogP contribution in [0.5, 0.6) is 0 Å². The molecule has 0 amide bonds. The molecule has 1 aromatic carbocycles. The summed E-state index contributed by atoms with van der Waals surface area (Å²) in [5.41, 5.74) is 2.95. The molecule has 2 aromatic rings. The minimum absolute atomic E-state index is 0.388. The van der Waals surface area contributed by atoms with Crippen molar-refractivity contribution in [2.75, 3.05) is 5.32 Å². The zero-order valence-electron chi connectivity index (χ0n) is 12.3. The minimum atomic E-state index is 0.388. The molecule has 1 unspecified atom stereocenters. The fourth-order valence-corrected chi connectivity index (χ4v) is 3.15. The van der Waals surface area contributed by atoms with Gasteiger partial charge in [0.15, 0.2) is 0 Å². The predicted octanol–water partition coefficient (Wildman–Crippen LogP) is 3.92. The van der Waals surface area contributed by atoms with E-state index in [9.17, 15) is 0 Å². The molecule has 1 heterocycles. The number of nitrogens with one attached hydrogen (secondary N) is 1. The highest BCUT2D eigenvalue weighted by Crippen LogP contribution is 2.39. The Morgan fingerprint density at radius 3 is 2.85 bits per heavy atom. The van der Waals surface area contributed by atoms with Gasteiger partial charge in [0.2, 0.25) is 0 Å². The number of benzene rings is 1. The third kappa shape index (κ3) is 2.72. The number of hydrogen-bond donors (Lipinski definition) is 1. The van der Waals surface area contributed by atoms with Crippen molar-refractivity contribution in [2.24, 2.45) is 5.41 Å². The maximum atomic E-state index is 4.30. The summed E-state index contributed by atoms with van der Waals surface area (Å²) in [5.74, 6) is 0. The lowest BCUT2D eigenvalue weighted by atomic mass is 9.87. The summed E-state index contributed by atoms with van der Waals surface area (Å²) in [6.07, 6.45) is 7.74. The average Bonchev–Trinajstić information content (AvgIpc) is 3.02. The van der Waals surface area contributed by atoms with Crippen molar-refractivity contribution < 1.29 is 0 Å². The topological polar surface area (TPSA) is 29.9 Å². The second-order valence-corrected chi connectivity index (χ2v) is 6.44. The van der Waals surface area contributed by atoms with E-state index >= 15 is 0 Å². The van der Waals surface area contributed by atoms with Gasteiger partial charge in [0, 0.05) is 24.1 Å². The lowest BCUT2D eigenvalue weighted by molar-refractivity contribution is 0.350. The number of hydrogen-bond acceptors (Lipinski definition) is 2. The van der Waals surface area contributed by atoms with Gasteiger partial charge in [0.05, 0.1) is 6.54 Å². The van der Waals surface area contributed by atoms with Gasteiger partial charge in [-0.1, -0.05) is 38.5 Å². The van der Waals surface area contributed by atoms with Gasteiger partial charge < -0.3 is 5.32 Å². The van der Waals surface area contributed by atoms with E-state index < -0.39 is 0 Å². The Morgan fingerprint density at radius 1 is 1.30 bits per heavy atom. The van der Waals surface area contributed by atoms with Gasteiger partial charge in [-0.05, 0) is 36.0 Å². The van der Waals surface area contributed by atoms with Crippen molar-refractivity contribution in [3.8, 4) is 0 Å². The summed E-state index contributed by atoms with van der Waals surface area (Å²) in [6.45, 7) is 5.56. The van der Waals surface area contributed by atoms with E-state index in [1.54, 1.807) is 0 Å². The SMILES string of the molecule is CC1(C)CCCC1Nc1ccccc1Cn1cccn1. The highest BCUT2D eigenvalue weighted by atomic mass is 15.3. The first-order valence-corrected chi connectivity index (χ1v) is 7.47. The average molecular weight is 269 g/mol. The Hall–Kier alpha value is -1.77. The Labute approximate surface area is 121 Å². The van der Waals surface area contributed by atoms with Crippen LogP contribution in [0.1, 0.15) is 38.7 Å². The molecular weight excluding hydrogens is 246 g/mol. The van der Waals surface area contributed by atoms with Gasteiger partial charge >= 0.3 is 0 Å². The molecule has 1 aliphatic carbocycles. The highest BCUT2D eigenvalue weighted by Gasteiger charge is 2.34. The second-order valence-electron chi connectivity index (χ2n) is 6.44. The zero-order valence-corrected chi connectivity index (χ0v) is 12.3. The molecule has 20 heavy (non-hydrogen) atoms. The summed E-state index contributed by atoms with van der Waals surface area (Å²) in [6, 6.07) is 11.1. The maximum Gasteiger partial charge on any atom is 0.0679 e. The van der Waals surface area contributed by atoms with E-state index in [0.717, 1.165) is 6.54 Å². The summed E-state index contributed by atoms with van der Waals surface area (Å²) in [4.78, 5) is 0. The van der Waals surface area contributed by atoms with Crippen LogP contribution in [0.4, 0.5) is 5.69 Å². The molecule has 3 heteroatoms. The predicted molar refractivity (Wildman–Crippen MR) is 82.8 cm³/mol. The Bertz CT molecular complexity index is 557. The van der Waals surface area contributed by atoms with E-state index in [2.05, 4.69) is 48.5 Å². The van der Waals surface area contributed by atoms with E-state index in [1.807, 2.05) is 23.1 Å². The van der Waals surface area contributed by atoms with Crippen molar-refractivity contribution >= 4 is 5.69 Å². The number of aromatic nitrogens is 2. The van der Waals surface area contributed by atoms with E-state index in [-0.39, 0.29) is 0 Å². The van der Waals surface area contributed by atoms with Crippen LogP contribution >= 0.6 is 0 Å². The largest absolute Gasteiger partial charge is 0.381 e. The van der Waals surface area contributed by atoms with Crippen LogP contribution in [0.25, 0.3) is 0 Å². The van der Waals surface area contributed by atoms with E-state index in [4.69, 9.17) is 0 Å². The van der Waals surface area contributed by atoms with Crippen LogP contribution in [0.3, 0.4) is 0 Å². The van der Waals surface area contributed by atoms with Crippen LogP contribution < -0.4 is 5.32 Å². The first-order chi connectivity index (χ1) is 9.65. The monoisotopic (exact) mass is 269 g/mol. The molecule has 0 radical (unpaired) electrons. The van der Waals surface area contributed by atoms with Gasteiger partial charge in [0.25, 0.3) is 0 Å². The Kier molecular flexibility index (Phi) is 3.51. The summed E-state index contributed by atoms with van der Waals surface area (Å²) >= 11 is 0. The van der Waals surface area contributed by atoms with Gasteiger partial charge in [-0.25, -0.2) is 0 Å². The summed E-state index contributed by atoms with van der Waals surface area (Å²) < 4.78 is 1.97. The molecule has 0 bridgehead atoms. The molecule has 0 spiro atoms. The first-order valence-electron chi connectivity index (χ1n) is 7.47. The molecule has 1 aromatic heterocycles. The normalized spacial score (nSPS) is 21.0. The van der Waals surface area contributed by atoms with Crippen LogP contribution in [0.2, 0.25) is 0 Å². The molecular formula is C17H23N3. The van der Waals surface area contributed by atoms with Gasteiger partial charge in [0.1, 0.15) is 0 Å². The van der Waals surface area contributed by atoms with Crippen LogP contribution in [0.15, 0.2) is 42.7 Å². The molecule has 0 saturated heterocycles. The first kappa shape index (κ1) is 13.2. The smallest absolute Gasteiger partial charge is 0.0679 e. The lowest BCUT2D eigenvalue weighted by Crippen LogP contribution is -2.31. The molecule has 1 aliphatic rings. The van der Waals surface area contributed by atoms with Crippen LogP contribution in [0, 0.1) is 5.41 Å². The number of anilines is 1. The number of para-hydroxylation sites is 1. The second kappa shape index (κ2) is 5.31. The van der Waals surface area contributed by atoms with Crippen molar-refractivity contribution in [1.82, 2.24) is 9.78 Å². The lowest BCUT2D eigenvalue weighted by Gasteiger charge is -2.29. The molecule has 106 valence electrons. The van der Waals surface area contributed by atoms with Crippen LogP contribution in [-0.4, -0.2) is 15.8 Å². The molecule has 1 N–H and O–H groups in total.